The maximum atomic E-state index is 15.9. The molecule has 0 spiro atoms. The zero-order valence-corrected chi connectivity index (χ0v) is 23.1. The molecule has 3 N–H and O–H groups in total. The average Bonchev–Trinajstić information content (AvgIpc) is 3.40. The number of alkyl halides is 1. The number of nitrogens with zero attached hydrogens (tertiary/aromatic N) is 4. The van der Waals surface area contributed by atoms with Crippen molar-refractivity contribution in [2.24, 2.45) is 0 Å². The molecule has 6 atom stereocenters. The number of aliphatic hydroxyl groups excluding tert-OH is 1. The van der Waals surface area contributed by atoms with Gasteiger partial charge in [0.25, 0.3) is 0 Å². The Kier molecular flexibility index (Phi) is 8.52. The van der Waals surface area contributed by atoms with Gasteiger partial charge >= 0.3 is 13.7 Å². The molecule has 1 aliphatic heterocycles. The van der Waals surface area contributed by atoms with Gasteiger partial charge < -0.3 is 24.4 Å². The molecule has 3 aromatic rings. The van der Waals surface area contributed by atoms with E-state index in [4.69, 9.17) is 18.5 Å². The summed E-state index contributed by atoms with van der Waals surface area (Å²) in [4.78, 5) is 25.1. The molecule has 39 heavy (non-hydrogen) atoms. The molecule has 1 fully saturated rings. The molecule has 0 radical (unpaired) electrons. The summed E-state index contributed by atoms with van der Waals surface area (Å²) < 4.78 is 53.0. The number of halogens is 1. The van der Waals surface area contributed by atoms with E-state index < -0.39 is 50.5 Å². The highest BCUT2D eigenvalue weighted by molar-refractivity contribution is 7.52. The number of carbonyl (C=O) groups excluding carboxylic acids is 1. The van der Waals surface area contributed by atoms with Crippen LogP contribution in [0.1, 0.15) is 32.8 Å². The van der Waals surface area contributed by atoms with Gasteiger partial charge in [-0.2, -0.15) is 5.09 Å². The fourth-order valence-electron chi connectivity index (χ4n) is 4.16. The van der Waals surface area contributed by atoms with E-state index in [1.165, 1.54) is 24.7 Å². The topological polar surface area (TPSA) is 159 Å². The Morgan fingerprint density at radius 3 is 2.72 bits per heavy atom. The monoisotopic (exact) mass is 566 g/mol. The third kappa shape index (κ3) is 6.04. The summed E-state index contributed by atoms with van der Waals surface area (Å²) in [6.45, 7) is 5.53. The van der Waals surface area contributed by atoms with Crippen molar-refractivity contribution in [3.8, 4) is 5.75 Å². The van der Waals surface area contributed by atoms with Crippen LogP contribution in [0.25, 0.3) is 11.2 Å². The third-order valence-corrected chi connectivity index (χ3v) is 7.75. The van der Waals surface area contributed by atoms with Gasteiger partial charge in [0.1, 0.15) is 29.8 Å². The quantitative estimate of drug-likeness (QED) is 0.230. The summed E-state index contributed by atoms with van der Waals surface area (Å²) in [6.07, 6.45) is -2.93. The number of para-hydroxylation sites is 1. The van der Waals surface area contributed by atoms with E-state index in [0.29, 0.717) is 22.8 Å². The van der Waals surface area contributed by atoms with E-state index in [9.17, 15) is 14.5 Å². The number of ether oxygens (including phenoxy) is 2. The van der Waals surface area contributed by atoms with Crippen LogP contribution in [0.15, 0.2) is 36.7 Å². The van der Waals surface area contributed by atoms with Gasteiger partial charge in [-0.25, -0.2) is 23.9 Å². The number of fused-ring (bicyclic) bond motifs is 1. The van der Waals surface area contributed by atoms with Crippen molar-refractivity contribution in [2.45, 2.75) is 57.8 Å². The normalized spacial score (nSPS) is 25.3. The molecule has 0 saturated carbocycles. The van der Waals surface area contributed by atoms with Gasteiger partial charge in [0.05, 0.1) is 19.5 Å². The lowest BCUT2D eigenvalue weighted by atomic mass is 9.98. The van der Waals surface area contributed by atoms with Gasteiger partial charge in [-0.1, -0.05) is 18.2 Å². The highest BCUT2D eigenvalue weighted by Crippen LogP contribution is 2.48. The second kappa shape index (κ2) is 11.5. The summed E-state index contributed by atoms with van der Waals surface area (Å²) >= 11 is 0. The average molecular weight is 567 g/mol. The fourth-order valence-corrected chi connectivity index (χ4v) is 5.66. The van der Waals surface area contributed by atoms with Gasteiger partial charge in [0, 0.05) is 7.05 Å². The number of aliphatic hydroxyl groups is 1. The van der Waals surface area contributed by atoms with Crippen molar-refractivity contribution in [1.29, 1.82) is 0 Å². The Bertz CT molecular complexity index is 1360. The summed E-state index contributed by atoms with van der Waals surface area (Å²) in [5, 5.41) is 16.3. The van der Waals surface area contributed by atoms with Crippen LogP contribution in [-0.4, -0.2) is 74.8 Å². The molecule has 212 valence electrons. The summed E-state index contributed by atoms with van der Waals surface area (Å²) in [5.41, 5.74) is -1.61. The molecule has 0 bridgehead atoms. The molecule has 3 heterocycles. The lowest BCUT2D eigenvalue weighted by molar-refractivity contribution is -0.144. The Balaban J connectivity index is 1.57. The van der Waals surface area contributed by atoms with Gasteiger partial charge in [0.2, 0.25) is 0 Å². The maximum absolute atomic E-state index is 15.9. The first-order chi connectivity index (χ1) is 18.5. The number of benzene rings is 1. The van der Waals surface area contributed by atoms with Gasteiger partial charge in [0.15, 0.2) is 28.9 Å². The minimum atomic E-state index is -4.24. The van der Waals surface area contributed by atoms with Crippen LogP contribution in [0.3, 0.4) is 0 Å². The van der Waals surface area contributed by atoms with Gasteiger partial charge in [-0.15, -0.1) is 0 Å². The van der Waals surface area contributed by atoms with Gasteiger partial charge in [-0.05, 0) is 39.8 Å². The van der Waals surface area contributed by atoms with Crippen molar-refractivity contribution in [2.75, 3.05) is 25.6 Å². The minimum absolute atomic E-state index is 0.122. The highest BCUT2D eigenvalue weighted by atomic mass is 31.2. The predicted molar refractivity (Wildman–Crippen MR) is 139 cm³/mol. The second-order valence-electron chi connectivity index (χ2n) is 9.12. The number of nitrogens with one attached hydrogen (secondary N) is 2. The van der Waals surface area contributed by atoms with Crippen molar-refractivity contribution in [1.82, 2.24) is 24.6 Å². The first kappa shape index (κ1) is 28.8. The number of rotatable bonds is 11. The predicted octanol–water partition coefficient (Wildman–Crippen LogP) is 2.91. The number of hydrogen-bond acceptors (Lipinski definition) is 11. The smallest absolute Gasteiger partial charge is 0.459 e. The van der Waals surface area contributed by atoms with E-state index in [0.717, 1.165) is 0 Å². The lowest BCUT2D eigenvalue weighted by Crippen LogP contribution is -2.41. The molecule has 4 rings (SSSR count). The van der Waals surface area contributed by atoms with Crippen molar-refractivity contribution in [3.05, 3.63) is 42.5 Å². The van der Waals surface area contributed by atoms with E-state index in [1.807, 2.05) is 0 Å². The van der Waals surface area contributed by atoms with Crippen LogP contribution in [0.4, 0.5) is 10.2 Å². The van der Waals surface area contributed by atoms with Crippen molar-refractivity contribution < 1.29 is 37.4 Å². The number of aryl methyl sites for hydroxylation is 1. The number of esters is 1. The van der Waals surface area contributed by atoms with Crippen LogP contribution < -0.4 is 14.9 Å². The first-order valence-corrected chi connectivity index (χ1v) is 13.9. The van der Waals surface area contributed by atoms with Crippen LogP contribution in [0, 0.1) is 6.92 Å². The Hall–Kier alpha value is -3.16. The van der Waals surface area contributed by atoms with E-state index in [1.54, 1.807) is 51.2 Å². The largest absolute Gasteiger partial charge is 0.465 e. The van der Waals surface area contributed by atoms with Crippen molar-refractivity contribution in [3.63, 3.8) is 0 Å². The molecule has 2 aromatic heterocycles. The van der Waals surface area contributed by atoms with Crippen LogP contribution in [0.5, 0.6) is 5.75 Å². The molecular formula is C24H32FN6O7P. The summed E-state index contributed by atoms with van der Waals surface area (Å²) in [6, 6.07) is 7.11. The number of imidazole rings is 1. The standard InChI is InChI=1S/C24H32FN6O7P/c1-6-35-22(33)14(2)30-39(34,38-16-10-8-7-9-11-16)36-12-17-19(32)24(4,25)23(37-17)31-13-27-18-20(26-5)28-15(3)29-21(18)31/h7-11,13-14,17,19,23,32H,6,12H2,1-5H3,(H,30,34)(H,26,28,29)/t14-,17-,19-,23-,24-,39-/m1/s1. The number of hydrogen-bond donors (Lipinski definition) is 3. The molecule has 1 aromatic carbocycles. The molecule has 1 aliphatic rings. The van der Waals surface area contributed by atoms with E-state index >= 15 is 4.39 Å². The zero-order chi connectivity index (χ0) is 28.4. The SMILES string of the molecule is CCOC(=O)[C@@H](C)N[P@@](=O)(OC[C@H]1O[C@@H](n2cnc3c(NC)nc(C)nc32)[C@](C)(F)[C@@H]1O)Oc1ccccc1. The molecule has 0 unspecified atom stereocenters. The zero-order valence-electron chi connectivity index (χ0n) is 22.2. The van der Waals surface area contributed by atoms with Crippen LogP contribution in [-0.2, 0) is 23.4 Å². The van der Waals surface area contributed by atoms with Crippen LogP contribution in [0.2, 0.25) is 0 Å². The molecular weight excluding hydrogens is 534 g/mol. The Morgan fingerprint density at radius 1 is 1.33 bits per heavy atom. The Labute approximate surface area is 224 Å². The minimum Gasteiger partial charge on any atom is -0.465 e. The number of aromatic nitrogens is 4. The molecule has 13 nitrogen and oxygen atoms in total. The van der Waals surface area contributed by atoms with Crippen LogP contribution >= 0.6 is 7.75 Å². The summed E-state index contributed by atoms with van der Waals surface area (Å²) in [5.74, 6) is 0.409. The third-order valence-electron chi connectivity index (χ3n) is 6.11. The lowest BCUT2D eigenvalue weighted by Gasteiger charge is -2.25. The maximum Gasteiger partial charge on any atom is 0.459 e. The highest BCUT2D eigenvalue weighted by Gasteiger charge is 2.56. The number of anilines is 1. The fraction of sp³-hybridized carbons (Fsp3) is 0.500. The summed E-state index contributed by atoms with van der Waals surface area (Å²) in [7, 11) is -2.57. The second-order valence-corrected chi connectivity index (χ2v) is 10.8. The molecule has 15 heteroatoms. The van der Waals surface area contributed by atoms with E-state index in [2.05, 4.69) is 25.4 Å². The molecule has 0 amide bonds. The van der Waals surface area contributed by atoms with E-state index in [-0.39, 0.29) is 12.4 Å². The Morgan fingerprint density at radius 2 is 2.05 bits per heavy atom. The first-order valence-electron chi connectivity index (χ1n) is 12.3. The molecule has 0 aliphatic carbocycles. The molecule has 1 saturated heterocycles. The number of carbonyl (C=O) groups is 1. The van der Waals surface area contributed by atoms with Gasteiger partial charge in [-0.3, -0.25) is 13.9 Å². The van der Waals surface area contributed by atoms with Crippen molar-refractivity contribution >= 4 is 30.7 Å².